The van der Waals surface area contributed by atoms with Crippen molar-refractivity contribution >= 4 is 35.0 Å². The van der Waals surface area contributed by atoms with Crippen LogP contribution in [0, 0.1) is 0 Å². The summed E-state index contributed by atoms with van der Waals surface area (Å²) in [6.07, 6.45) is 1.50. The summed E-state index contributed by atoms with van der Waals surface area (Å²) in [7, 11) is 0. The van der Waals surface area contributed by atoms with E-state index in [9.17, 15) is 9.59 Å². The van der Waals surface area contributed by atoms with Gasteiger partial charge in [-0.05, 0) is 18.2 Å². The van der Waals surface area contributed by atoms with Crippen LogP contribution < -0.4 is 11.1 Å². The molecule has 0 spiro atoms. The summed E-state index contributed by atoms with van der Waals surface area (Å²) < 4.78 is 0. The van der Waals surface area contributed by atoms with Crippen molar-refractivity contribution in [1.29, 1.82) is 0 Å². The van der Waals surface area contributed by atoms with E-state index in [1.807, 2.05) is 36.4 Å². The Hall–Kier alpha value is -2.83. The lowest BCUT2D eigenvalue weighted by molar-refractivity contribution is -0.117. The van der Waals surface area contributed by atoms with Crippen LogP contribution in [0.1, 0.15) is 16.8 Å². The first kappa shape index (κ1) is 20.5. The highest BCUT2D eigenvalue weighted by Gasteiger charge is 2.16. The number of rotatable bonds is 5. The van der Waals surface area contributed by atoms with Gasteiger partial charge >= 0.3 is 0 Å². The van der Waals surface area contributed by atoms with Gasteiger partial charge in [-0.15, -0.1) is 0 Å². The number of H-pyrrole nitrogens is 1. The zero-order valence-corrected chi connectivity index (χ0v) is 15.8. The third-order valence-corrected chi connectivity index (χ3v) is 4.00. The van der Waals surface area contributed by atoms with E-state index >= 15 is 0 Å². The SMILES string of the molecule is Clc1ccccc1.NC(=O)CCNC(=O)c1cn[nH]c1-c1ccccc1Cl. The first-order valence-corrected chi connectivity index (χ1v) is 8.80. The highest BCUT2D eigenvalue weighted by atomic mass is 35.5. The Morgan fingerprint density at radius 2 is 1.70 bits per heavy atom. The van der Waals surface area contributed by atoms with Crippen molar-refractivity contribution in [3.8, 4) is 11.3 Å². The topological polar surface area (TPSA) is 101 Å². The zero-order chi connectivity index (χ0) is 19.6. The number of carbonyl (C=O) groups is 2. The van der Waals surface area contributed by atoms with Gasteiger partial charge in [-0.25, -0.2) is 0 Å². The van der Waals surface area contributed by atoms with Crippen LogP contribution in [-0.4, -0.2) is 28.6 Å². The smallest absolute Gasteiger partial charge is 0.255 e. The molecule has 0 unspecified atom stereocenters. The molecule has 6 nitrogen and oxygen atoms in total. The molecule has 2 aromatic carbocycles. The number of carbonyl (C=O) groups excluding carboxylic acids is 2. The molecule has 0 aliphatic rings. The van der Waals surface area contributed by atoms with Crippen LogP contribution in [-0.2, 0) is 4.79 Å². The Bertz CT molecular complexity index is 897. The van der Waals surface area contributed by atoms with Crippen molar-refractivity contribution in [3.63, 3.8) is 0 Å². The lowest BCUT2D eigenvalue weighted by atomic mass is 10.1. The molecule has 0 bridgehead atoms. The number of nitrogens with zero attached hydrogens (tertiary/aromatic N) is 1. The van der Waals surface area contributed by atoms with Crippen LogP contribution >= 0.6 is 23.2 Å². The Morgan fingerprint density at radius 1 is 1.04 bits per heavy atom. The molecule has 0 saturated carbocycles. The third kappa shape index (κ3) is 6.44. The van der Waals surface area contributed by atoms with E-state index in [2.05, 4.69) is 15.5 Å². The fourth-order valence-corrected chi connectivity index (χ4v) is 2.51. The molecule has 0 saturated heterocycles. The van der Waals surface area contributed by atoms with Crippen molar-refractivity contribution in [2.45, 2.75) is 6.42 Å². The number of amides is 2. The summed E-state index contributed by atoms with van der Waals surface area (Å²) in [5, 5.41) is 10.5. The predicted molar refractivity (Wildman–Crippen MR) is 107 cm³/mol. The quantitative estimate of drug-likeness (QED) is 0.604. The first-order chi connectivity index (χ1) is 13.0. The van der Waals surface area contributed by atoms with Gasteiger partial charge in [-0.1, -0.05) is 59.6 Å². The molecule has 8 heteroatoms. The normalized spacial score (nSPS) is 9.85. The summed E-state index contributed by atoms with van der Waals surface area (Å²) >= 11 is 11.6. The highest BCUT2D eigenvalue weighted by Crippen LogP contribution is 2.28. The number of nitrogens with two attached hydrogens (primary N) is 1. The molecular weight excluding hydrogens is 387 g/mol. The molecule has 1 aromatic heterocycles. The molecule has 1 heterocycles. The number of nitrogens with one attached hydrogen (secondary N) is 2. The lowest BCUT2D eigenvalue weighted by Gasteiger charge is -2.06. The van der Waals surface area contributed by atoms with Crippen molar-refractivity contribution in [2.75, 3.05) is 6.54 Å². The van der Waals surface area contributed by atoms with Crippen LogP contribution in [0.3, 0.4) is 0 Å². The molecule has 0 fully saturated rings. The summed E-state index contributed by atoms with van der Waals surface area (Å²) in [5.74, 6) is -0.807. The molecule has 0 aliphatic heterocycles. The van der Waals surface area contributed by atoms with Crippen molar-refractivity contribution in [1.82, 2.24) is 15.5 Å². The van der Waals surface area contributed by atoms with E-state index in [1.54, 1.807) is 18.2 Å². The summed E-state index contributed by atoms with van der Waals surface area (Å²) in [5.41, 5.74) is 6.60. The van der Waals surface area contributed by atoms with Gasteiger partial charge in [-0.2, -0.15) is 5.10 Å². The zero-order valence-electron chi connectivity index (χ0n) is 14.3. The van der Waals surface area contributed by atoms with E-state index in [0.717, 1.165) is 5.02 Å². The lowest BCUT2D eigenvalue weighted by Crippen LogP contribution is -2.27. The van der Waals surface area contributed by atoms with Crippen molar-refractivity contribution < 1.29 is 9.59 Å². The Kier molecular flexibility index (Phi) is 7.85. The summed E-state index contributed by atoms with van der Waals surface area (Å²) in [6.45, 7) is 0.182. The molecule has 0 radical (unpaired) electrons. The van der Waals surface area contributed by atoms with E-state index in [0.29, 0.717) is 21.8 Å². The first-order valence-electron chi connectivity index (χ1n) is 8.04. The highest BCUT2D eigenvalue weighted by molar-refractivity contribution is 6.33. The van der Waals surface area contributed by atoms with Gasteiger partial charge in [0.2, 0.25) is 5.91 Å². The second-order valence-corrected chi connectivity index (χ2v) is 6.25. The van der Waals surface area contributed by atoms with Crippen LogP contribution in [0.2, 0.25) is 10.0 Å². The second-order valence-electron chi connectivity index (χ2n) is 5.41. The summed E-state index contributed by atoms with van der Waals surface area (Å²) in [4.78, 5) is 22.7. The summed E-state index contributed by atoms with van der Waals surface area (Å²) in [6, 6.07) is 16.6. The van der Waals surface area contributed by atoms with Gasteiger partial charge in [0, 0.05) is 28.6 Å². The number of aromatic nitrogens is 2. The molecule has 0 atom stereocenters. The molecule has 27 heavy (non-hydrogen) atoms. The van der Waals surface area contributed by atoms with Gasteiger partial charge in [0.05, 0.1) is 17.5 Å². The van der Waals surface area contributed by atoms with Gasteiger partial charge in [0.1, 0.15) is 0 Å². The average Bonchev–Trinajstić information content (AvgIpc) is 3.12. The maximum absolute atomic E-state index is 12.0. The van der Waals surface area contributed by atoms with Crippen molar-refractivity contribution in [2.24, 2.45) is 5.73 Å². The molecular formula is C19H18Cl2N4O2. The molecule has 0 aliphatic carbocycles. The van der Waals surface area contributed by atoms with E-state index in [1.165, 1.54) is 6.20 Å². The van der Waals surface area contributed by atoms with Crippen LogP contribution in [0.25, 0.3) is 11.3 Å². The maximum atomic E-state index is 12.0. The fourth-order valence-electron chi connectivity index (χ4n) is 2.14. The molecule has 3 aromatic rings. The number of primary amides is 1. The Morgan fingerprint density at radius 3 is 2.30 bits per heavy atom. The van der Waals surface area contributed by atoms with Gasteiger partial charge in [-0.3, -0.25) is 14.7 Å². The largest absolute Gasteiger partial charge is 0.370 e. The molecule has 3 rings (SSSR count). The van der Waals surface area contributed by atoms with Crippen molar-refractivity contribution in [3.05, 3.63) is 76.4 Å². The minimum atomic E-state index is -0.469. The third-order valence-electron chi connectivity index (χ3n) is 3.42. The van der Waals surface area contributed by atoms with E-state index in [-0.39, 0.29) is 18.9 Å². The Labute approximate surface area is 166 Å². The second kappa shape index (κ2) is 10.4. The molecule has 140 valence electrons. The van der Waals surface area contributed by atoms with Gasteiger partial charge in [0.15, 0.2) is 0 Å². The minimum absolute atomic E-state index is 0.0883. The van der Waals surface area contributed by atoms with Gasteiger partial charge in [0.25, 0.3) is 5.91 Å². The minimum Gasteiger partial charge on any atom is -0.370 e. The van der Waals surface area contributed by atoms with E-state index < -0.39 is 5.91 Å². The number of hydrogen-bond acceptors (Lipinski definition) is 3. The standard InChI is InChI=1S/C13H13ClN4O2.C6H5Cl/c14-10-4-2-1-3-8(10)12-9(7-17-18-12)13(20)16-6-5-11(15)19;7-6-4-2-1-3-5-6/h1-4,7H,5-6H2,(H2,15,19)(H,16,20)(H,17,18);1-5H. The average molecular weight is 405 g/mol. The maximum Gasteiger partial charge on any atom is 0.255 e. The number of benzene rings is 2. The van der Waals surface area contributed by atoms with Gasteiger partial charge < -0.3 is 11.1 Å². The van der Waals surface area contributed by atoms with Crippen LogP contribution in [0.5, 0.6) is 0 Å². The fraction of sp³-hybridized carbons (Fsp3) is 0.105. The molecule has 4 N–H and O–H groups in total. The number of aromatic amines is 1. The molecule has 2 amide bonds. The van der Waals surface area contributed by atoms with E-state index in [4.69, 9.17) is 28.9 Å². The Balaban J connectivity index is 0.000000313. The predicted octanol–water partition coefficient (Wildman–Crippen LogP) is 3.68. The van der Waals surface area contributed by atoms with Crippen LogP contribution in [0.15, 0.2) is 60.8 Å². The number of hydrogen-bond donors (Lipinski definition) is 3. The van der Waals surface area contributed by atoms with Crippen LogP contribution in [0.4, 0.5) is 0 Å². The monoisotopic (exact) mass is 404 g/mol. The number of halogens is 2.